The summed E-state index contributed by atoms with van der Waals surface area (Å²) in [6, 6.07) is 2.00. The second kappa shape index (κ2) is 4.18. The maximum atomic E-state index is 10.9. The highest BCUT2D eigenvalue weighted by molar-refractivity contribution is 5.78. The molecule has 1 rings (SSSR count). The van der Waals surface area contributed by atoms with Crippen LogP contribution in [0.3, 0.4) is 0 Å². The Balaban J connectivity index is 3.40. The van der Waals surface area contributed by atoms with Crippen molar-refractivity contribution < 1.29 is 4.79 Å². The van der Waals surface area contributed by atoms with E-state index < -0.39 is 0 Å². The molecule has 0 radical (unpaired) electrons. The van der Waals surface area contributed by atoms with Crippen molar-refractivity contribution in [1.29, 1.82) is 0 Å². The van der Waals surface area contributed by atoms with E-state index in [-0.39, 0.29) is 12.3 Å². The minimum atomic E-state index is -0.326. The van der Waals surface area contributed by atoms with Crippen LogP contribution in [0.4, 0.5) is 0 Å². The van der Waals surface area contributed by atoms with E-state index in [0.29, 0.717) is 0 Å². The predicted molar refractivity (Wildman–Crippen MR) is 61.5 cm³/mol. The number of aryl methyl sites for hydroxylation is 2. The van der Waals surface area contributed by atoms with E-state index in [9.17, 15) is 4.79 Å². The van der Waals surface area contributed by atoms with Crippen LogP contribution in [0.2, 0.25) is 0 Å². The highest BCUT2D eigenvalue weighted by Crippen LogP contribution is 2.21. The van der Waals surface area contributed by atoms with Crippen LogP contribution < -0.4 is 5.73 Å². The van der Waals surface area contributed by atoms with Crippen molar-refractivity contribution >= 4 is 5.91 Å². The molecule has 15 heavy (non-hydrogen) atoms. The van der Waals surface area contributed by atoms with Gasteiger partial charge in [-0.25, -0.2) is 0 Å². The van der Waals surface area contributed by atoms with Gasteiger partial charge in [-0.15, -0.1) is 6.42 Å². The standard InChI is InChI=1S/C13H15NO/c1-5-11-8(2)6-9(3)12(10(11)4)7-13(14)15/h1,6H,7H2,2-4H3,(H2,14,15). The zero-order valence-corrected chi connectivity index (χ0v) is 9.35. The first-order valence-electron chi connectivity index (χ1n) is 4.82. The van der Waals surface area contributed by atoms with Crippen LogP contribution in [0.5, 0.6) is 0 Å². The maximum absolute atomic E-state index is 10.9. The molecule has 78 valence electrons. The number of nitrogens with two attached hydrogens (primary N) is 1. The van der Waals surface area contributed by atoms with Gasteiger partial charge in [0.1, 0.15) is 0 Å². The Kier molecular flexibility index (Phi) is 3.16. The Morgan fingerprint density at radius 3 is 2.47 bits per heavy atom. The van der Waals surface area contributed by atoms with Gasteiger partial charge in [-0.2, -0.15) is 0 Å². The van der Waals surface area contributed by atoms with Crippen molar-refractivity contribution in [3.8, 4) is 12.3 Å². The van der Waals surface area contributed by atoms with Gasteiger partial charge >= 0.3 is 0 Å². The van der Waals surface area contributed by atoms with Crippen LogP contribution >= 0.6 is 0 Å². The van der Waals surface area contributed by atoms with E-state index in [2.05, 4.69) is 5.92 Å². The normalized spacial score (nSPS) is 9.73. The van der Waals surface area contributed by atoms with Crippen LogP contribution in [0.1, 0.15) is 27.8 Å². The third-order valence-corrected chi connectivity index (χ3v) is 2.63. The van der Waals surface area contributed by atoms with Gasteiger partial charge in [0, 0.05) is 5.56 Å². The van der Waals surface area contributed by atoms with Gasteiger partial charge in [0.2, 0.25) is 5.91 Å². The Bertz CT molecular complexity index is 453. The molecule has 0 unspecified atom stereocenters. The molecule has 0 atom stereocenters. The first-order valence-corrected chi connectivity index (χ1v) is 4.82. The number of benzene rings is 1. The molecule has 0 spiro atoms. The summed E-state index contributed by atoms with van der Waals surface area (Å²) < 4.78 is 0. The summed E-state index contributed by atoms with van der Waals surface area (Å²) in [5.41, 5.74) is 10.2. The van der Waals surface area contributed by atoms with Gasteiger partial charge in [0.05, 0.1) is 6.42 Å². The molecule has 0 saturated carbocycles. The van der Waals surface area contributed by atoms with Crippen molar-refractivity contribution in [3.05, 3.63) is 33.9 Å². The average Bonchev–Trinajstić information content (AvgIpc) is 2.12. The average molecular weight is 201 g/mol. The number of carbonyl (C=O) groups excluding carboxylic acids is 1. The number of rotatable bonds is 2. The fraction of sp³-hybridized carbons (Fsp3) is 0.308. The summed E-state index contributed by atoms with van der Waals surface area (Å²) >= 11 is 0. The lowest BCUT2D eigenvalue weighted by Gasteiger charge is -2.12. The molecule has 0 fully saturated rings. The fourth-order valence-electron chi connectivity index (χ4n) is 1.89. The van der Waals surface area contributed by atoms with Crippen molar-refractivity contribution in [2.75, 3.05) is 0 Å². The second-order valence-electron chi connectivity index (χ2n) is 3.78. The van der Waals surface area contributed by atoms with Crippen LogP contribution in [-0.2, 0) is 11.2 Å². The van der Waals surface area contributed by atoms with Crippen molar-refractivity contribution in [3.63, 3.8) is 0 Å². The van der Waals surface area contributed by atoms with E-state index in [1.807, 2.05) is 26.8 Å². The summed E-state index contributed by atoms with van der Waals surface area (Å²) in [6.07, 6.45) is 5.69. The number of primary amides is 1. The van der Waals surface area contributed by atoms with E-state index >= 15 is 0 Å². The predicted octanol–water partition coefficient (Wildman–Crippen LogP) is 1.62. The third kappa shape index (κ3) is 2.19. The summed E-state index contributed by atoms with van der Waals surface area (Å²) in [4.78, 5) is 10.9. The minimum absolute atomic E-state index is 0.257. The van der Waals surface area contributed by atoms with Gasteiger partial charge in [0.15, 0.2) is 0 Å². The molecule has 2 heteroatoms. The summed E-state index contributed by atoms with van der Waals surface area (Å²) in [5, 5.41) is 0. The zero-order valence-electron chi connectivity index (χ0n) is 9.35. The summed E-state index contributed by atoms with van der Waals surface area (Å²) in [5.74, 6) is 2.33. The Labute approximate surface area is 90.5 Å². The smallest absolute Gasteiger partial charge is 0.221 e. The Hall–Kier alpha value is -1.75. The van der Waals surface area contributed by atoms with Crippen molar-refractivity contribution in [1.82, 2.24) is 0 Å². The lowest BCUT2D eigenvalue weighted by atomic mass is 9.92. The van der Waals surface area contributed by atoms with E-state index in [0.717, 1.165) is 27.8 Å². The van der Waals surface area contributed by atoms with Gasteiger partial charge in [-0.1, -0.05) is 12.0 Å². The molecular weight excluding hydrogens is 186 g/mol. The number of terminal acetylenes is 1. The zero-order chi connectivity index (χ0) is 11.6. The first-order chi connectivity index (χ1) is 6.97. The van der Waals surface area contributed by atoms with Crippen molar-refractivity contribution in [2.45, 2.75) is 27.2 Å². The number of carbonyl (C=O) groups is 1. The lowest BCUT2D eigenvalue weighted by Crippen LogP contribution is -2.16. The molecule has 0 aromatic heterocycles. The van der Waals surface area contributed by atoms with E-state index in [1.54, 1.807) is 0 Å². The van der Waals surface area contributed by atoms with Gasteiger partial charge < -0.3 is 5.73 Å². The second-order valence-corrected chi connectivity index (χ2v) is 3.78. The highest BCUT2D eigenvalue weighted by atomic mass is 16.1. The van der Waals surface area contributed by atoms with Crippen LogP contribution in [0.15, 0.2) is 6.07 Å². The Morgan fingerprint density at radius 2 is 2.00 bits per heavy atom. The molecule has 2 N–H and O–H groups in total. The topological polar surface area (TPSA) is 43.1 Å². The van der Waals surface area contributed by atoms with Crippen molar-refractivity contribution in [2.24, 2.45) is 5.73 Å². The van der Waals surface area contributed by atoms with Gasteiger partial charge in [-0.3, -0.25) is 4.79 Å². The van der Waals surface area contributed by atoms with Gasteiger partial charge in [0.25, 0.3) is 0 Å². The Morgan fingerprint density at radius 1 is 1.40 bits per heavy atom. The minimum Gasteiger partial charge on any atom is -0.369 e. The molecule has 0 aliphatic carbocycles. The molecule has 1 amide bonds. The molecule has 0 bridgehead atoms. The maximum Gasteiger partial charge on any atom is 0.221 e. The monoisotopic (exact) mass is 201 g/mol. The van der Waals surface area contributed by atoms with Gasteiger partial charge in [-0.05, 0) is 43.0 Å². The van der Waals surface area contributed by atoms with E-state index in [4.69, 9.17) is 12.2 Å². The summed E-state index contributed by atoms with van der Waals surface area (Å²) in [6.45, 7) is 5.88. The number of hydrogen-bond donors (Lipinski definition) is 1. The van der Waals surface area contributed by atoms with Crippen LogP contribution in [0, 0.1) is 33.1 Å². The first kappa shape index (κ1) is 11.3. The molecule has 1 aromatic carbocycles. The molecule has 1 aromatic rings. The quantitative estimate of drug-likeness (QED) is 0.726. The largest absolute Gasteiger partial charge is 0.369 e. The SMILES string of the molecule is C#Cc1c(C)cc(C)c(CC(N)=O)c1C. The van der Waals surface area contributed by atoms with E-state index in [1.165, 1.54) is 0 Å². The lowest BCUT2D eigenvalue weighted by molar-refractivity contribution is -0.117. The molecular formula is C13H15NO. The number of amides is 1. The third-order valence-electron chi connectivity index (χ3n) is 2.63. The summed E-state index contributed by atoms with van der Waals surface area (Å²) in [7, 11) is 0. The van der Waals surface area contributed by atoms with Crippen LogP contribution in [-0.4, -0.2) is 5.91 Å². The van der Waals surface area contributed by atoms with Crippen LogP contribution in [0.25, 0.3) is 0 Å². The molecule has 0 aliphatic heterocycles. The highest BCUT2D eigenvalue weighted by Gasteiger charge is 2.11. The molecule has 0 aliphatic rings. The molecule has 0 saturated heterocycles. The fourth-order valence-corrected chi connectivity index (χ4v) is 1.89. The molecule has 2 nitrogen and oxygen atoms in total. The molecule has 0 heterocycles. The number of hydrogen-bond acceptors (Lipinski definition) is 1.